The van der Waals surface area contributed by atoms with Crippen molar-refractivity contribution in [2.24, 2.45) is 5.92 Å². The Hall–Kier alpha value is -3.37. The molecule has 0 aliphatic carbocycles. The molecule has 0 bridgehead atoms. The first-order valence-electron chi connectivity index (χ1n) is 11.2. The van der Waals surface area contributed by atoms with Crippen LogP contribution in [0.2, 0.25) is 0 Å². The molecule has 0 spiro atoms. The average molecular weight is 511 g/mol. The number of nitrogens with zero attached hydrogens (tertiary/aromatic N) is 2. The predicted octanol–water partition coefficient (Wildman–Crippen LogP) is 4.04. The molecule has 1 unspecified atom stereocenters. The second-order valence-corrected chi connectivity index (χ2v) is 10.1. The first-order valence-corrected chi connectivity index (χ1v) is 13.0. The van der Waals surface area contributed by atoms with Crippen LogP contribution in [0.3, 0.4) is 0 Å². The Balaban J connectivity index is 1.49. The summed E-state index contributed by atoms with van der Waals surface area (Å²) in [4.78, 5) is 44.0. The molecule has 2 aromatic carbocycles. The smallest absolute Gasteiger partial charge is 0.230 e. The van der Waals surface area contributed by atoms with Crippen molar-refractivity contribution in [3.8, 4) is 17.0 Å². The monoisotopic (exact) mass is 510 g/mol. The summed E-state index contributed by atoms with van der Waals surface area (Å²) in [5.41, 5.74) is 2.25. The van der Waals surface area contributed by atoms with E-state index in [1.165, 1.54) is 23.1 Å². The lowest BCUT2D eigenvalue weighted by atomic mass is 10.1. The molecule has 35 heavy (non-hydrogen) atoms. The zero-order valence-corrected chi connectivity index (χ0v) is 21.1. The molecule has 3 amide bonds. The Labute approximate surface area is 212 Å². The number of thioether (sulfide) groups is 1. The number of anilines is 2. The number of amides is 3. The van der Waals surface area contributed by atoms with Gasteiger partial charge in [-0.05, 0) is 31.2 Å². The van der Waals surface area contributed by atoms with Crippen LogP contribution in [-0.2, 0) is 14.4 Å². The second kappa shape index (κ2) is 11.4. The van der Waals surface area contributed by atoms with Crippen molar-refractivity contribution < 1.29 is 19.1 Å². The van der Waals surface area contributed by atoms with E-state index >= 15 is 0 Å². The Morgan fingerprint density at radius 3 is 2.60 bits per heavy atom. The van der Waals surface area contributed by atoms with E-state index in [4.69, 9.17) is 4.74 Å². The van der Waals surface area contributed by atoms with E-state index in [-0.39, 0.29) is 29.9 Å². The lowest BCUT2D eigenvalue weighted by molar-refractivity contribution is -0.122. The van der Waals surface area contributed by atoms with Gasteiger partial charge in [-0.1, -0.05) is 53.4 Å². The SMILES string of the molecule is CCNC(=O)CSc1nc(-c2ccccc2)c(NC(=O)C2CC(=O)N(c3ccc(OC)cc3)C2)s1. The van der Waals surface area contributed by atoms with Crippen LogP contribution >= 0.6 is 23.1 Å². The summed E-state index contributed by atoms with van der Waals surface area (Å²) in [5, 5.41) is 6.38. The molecule has 10 heteroatoms. The van der Waals surface area contributed by atoms with E-state index in [0.29, 0.717) is 33.9 Å². The highest BCUT2D eigenvalue weighted by Gasteiger charge is 2.35. The molecule has 0 radical (unpaired) electrons. The standard InChI is InChI=1S/C25H26N4O4S2/c1-3-26-20(30)15-34-25-27-22(16-7-5-4-6-8-16)24(35-25)28-23(32)17-13-21(31)29(14-17)18-9-11-19(33-2)12-10-18/h4-12,17H,3,13-15H2,1-2H3,(H,26,30)(H,28,32). The van der Waals surface area contributed by atoms with Crippen molar-refractivity contribution in [3.63, 3.8) is 0 Å². The van der Waals surface area contributed by atoms with E-state index < -0.39 is 5.92 Å². The van der Waals surface area contributed by atoms with E-state index in [2.05, 4.69) is 15.6 Å². The summed E-state index contributed by atoms with van der Waals surface area (Å²) in [6, 6.07) is 16.8. The van der Waals surface area contributed by atoms with Crippen molar-refractivity contribution in [1.82, 2.24) is 10.3 Å². The molecule has 1 aliphatic heterocycles. The van der Waals surface area contributed by atoms with E-state index in [9.17, 15) is 14.4 Å². The number of methoxy groups -OCH3 is 1. The summed E-state index contributed by atoms with van der Waals surface area (Å²) < 4.78 is 5.87. The fraction of sp³-hybridized carbons (Fsp3) is 0.280. The third kappa shape index (κ3) is 6.01. The van der Waals surface area contributed by atoms with Gasteiger partial charge in [0.1, 0.15) is 16.4 Å². The minimum Gasteiger partial charge on any atom is -0.497 e. The number of nitrogens with one attached hydrogen (secondary N) is 2. The molecule has 1 fully saturated rings. The van der Waals surface area contributed by atoms with E-state index in [0.717, 1.165) is 11.3 Å². The highest BCUT2D eigenvalue weighted by Crippen LogP contribution is 2.38. The van der Waals surface area contributed by atoms with Crippen molar-refractivity contribution in [2.75, 3.05) is 36.2 Å². The highest BCUT2D eigenvalue weighted by molar-refractivity contribution is 8.01. The van der Waals surface area contributed by atoms with Gasteiger partial charge >= 0.3 is 0 Å². The minimum absolute atomic E-state index is 0.0670. The third-order valence-corrected chi connectivity index (χ3v) is 7.59. The summed E-state index contributed by atoms with van der Waals surface area (Å²) in [5.74, 6) is 0.0758. The number of hydrogen-bond donors (Lipinski definition) is 2. The summed E-state index contributed by atoms with van der Waals surface area (Å²) in [6.07, 6.45) is 0.135. The second-order valence-electron chi connectivity index (χ2n) is 7.86. The molecule has 2 N–H and O–H groups in total. The largest absolute Gasteiger partial charge is 0.497 e. The van der Waals surface area contributed by atoms with Crippen molar-refractivity contribution >= 4 is 51.5 Å². The van der Waals surface area contributed by atoms with Gasteiger partial charge < -0.3 is 20.3 Å². The zero-order valence-electron chi connectivity index (χ0n) is 19.4. The number of thiazole rings is 1. The average Bonchev–Trinajstić information content (AvgIpc) is 3.47. The van der Waals surface area contributed by atoms with Crippen LogP contribution in [0.1, 0.15) is 13.3 Å². The predicted molar refractivity (Wildman–Crippen MR) is 139 cm³/mol. The maximum Gasteiger partial charge on any atom is 0.230 e. The Morgan fingerprint density at radius 1 is 1.17 bits per heavy atom. The summed E-state index contributed by atoms with van der Waals surface area (Å²) in [7, 11) is 1.59. The number of aromatic nitrogens is 1. The normalized spacial score (nSPS) is 15.2. The zero-order chi connectivity index (χ0) is 24.8. The van der Waals surface area contributed by atoms with Gasteiger partial charge in [-0.15, -0.1) is 0 Å². The van der Waals surface area contributed by atoms with E-state index in [1.807, 2.05) is 49.4 Å². The lowest BCUT2D eigenvalue weighted by Gasteiger charge is -2.17. The maximum atomic E-state index is 13.2. The topological polar surface area (TPSA) is 101 Å². The van der Waals surface area contributed by atoms with Gasteiger partial charge in [0.25, 0.3) is 0 Å². The number of carbonyl (C=O) groups excluding carboxylic acids is 3. The Bertz CT molecular complexity index is 1200. The van der Waals surface area contributed by atoms with Crippen LogP contribution in [0, 0.1) is 5.92 Å². The lowest BCUT2D eigenvalue weighted by Crippen LogP contribution is -2.28. The van der Waals surface area contributed by atoms with Crippen molar-refractivity contribution in [2.45, 2.75) is 17.7 Å². The number of benzene rings is 2. The highest BCUT2D eigenvalue weighted by atomic mass is 32.2. The fourth-order valence-electron chi connectivity index (χ4n) is 3.72. The third-order valence-electron chi connectivity index (χ3n) is 5.47. The van der Waals surface area contributed by atoms with Gasteiger partial charge in [-0.2, -0.15) is 0 Å². The Kier molecular flexibility index (Phi) is 8.04. The van der Waals surface area contributed by atoms with Crippen molar-refractivity contribution in [3.05, 3.63) is 54.6 Å². The van der Waals surface area contributed by atoms with Crippen LogP contribution in [0.15, 0.2) is 58.9 Å². The molecule has 182 valence electrons. The van der Waals surface area contributed by atoms with Crippen LogP contribution in [-0.4, -0.2) is 48.7 Å². The number of ether oxygens (including phenoxy) is 1. The first kappa shape index (κ1) is 24.7. The molecule has 1 aromatic heterocycles. The van der Waals surface area contributed by atoms with Gasteiger partial charge in [0.2, 0.25) is 17.7 Å². The quantitative estimate of drug-likeness (QED) is 0.422. The van der Waals surface area contributed by atoms with Crippen LogP contribution in [0.25, 0.3) is 11.3 Å². The molecule has 1 saturated heterocycles. The molecule has 3 aromatic rings. The van der Waals surface area contributed by atoms with Crippen LogP contribution in [0.4, 0.5) is 10.7 Å². The molecule has 8 nitrogen and oxygen atoms in total. The molecule has 2 heterocycles. The maximum absolute atomic E-state index is 13.2. The first-order chi connectivity index (χ1) is 17.0. The number of carbonyl (C=O) groups is 3. The number of rotatable bonds is 9. The Morgan fingerprint density at radius 2 is 1.91 bits per heavy atom. The van der Waals surface area contributed by atoms with Crippen molar-refractivity contribution in [1.29, 1.82) is 0 Å². The summed E-state index contributed by atoms with van der Waals surface area (Å²) >= 11 is 2.66. The molecular formula is C25H26N4O4S2. The van der Waals surface area contributed by atoms with E-state index in [1.54, 1.807) is 24.1 Å². The molecule has 4 rings (SSSR count). The van der Waals surface area contributed by atoms with Gasteiger partial charge in [0, 0.05) is 30.8 Å². The summed E-state index contributed by atoms with van der Waals surface area (Å²) in [6.45, 7) is 2.74. The van der Waals surface area contributed by atoms with Gasteiger partial charge in [0.05, 0.1) is 18.8 Å². The fourth-order valence-corrected chi connectivity index (χ4v) is 5.62. The van der Waals surface area contributed by atoms with Gasteiger partial charge in [-0.25, -0.2) is 4.98 Å². The molecule has 1 atom stereocenters. The minimum atomic E-state index is -0.484. The van der Waals surface area contributed by atoms with Crippen LogP contribution < -0.4 is 20.3 Å². The van der Waals surface area contributed by atoms with Gasteiger partial charge in [-0.3, -0.25) is 14.4 Å². The van der Waals surface area contributed by atoms with Gasteiger partial charge in [0.15, 0.2) is 4.34 Å². The van der Waals surface area contributed by atoms with Crippen LogP contribution in [0.5, 0.6) is 5.75 Å². The number of hydrogen-bond acceptors (Lipinski definition) is 7. The molecular weight excluding hydrogens is 484 g/mol. The molecule has 0 saturated carbocycles. The molecule has 1 aliphatic rings.